The lowest BCUT2D eigenvalue weighted by Crippen LogP contribution is -2.32. The molecule has 0 spiro atoms. The first-order valence-electron chi connectivity index (χ1n) is 9.52. The van der Waals surface area contributed by atoms with Crippen LogP contribution in [0.3, 0.4) is 0 Å². The van der Waals surface area contributed by atoms with Crippen molar-refractivity contribution in [3.05, 3.63) is 59.9 Å². The van der Waals surface area contributed by atoms with E-state index >= 15 is 0 Å². The molecule has 1 aliphatic heterocycles. The van der Waals surface area contributed by atoms with Gasteiger partial charge in [0.2, 0.25) is 5.91 Å². The third-order valence-electron chi connectivity index (χ3n) is 5.72. The first-order valence-corrected chi connectivity index (χ1v) is 9.52. The van der Waals surface area contributed by atoms with Gasteiger partial charge >= 0.3 is 0 Å². The summed E-state index contributed by atoms with van der Waals surface area (Å²) in [6, 6.07) is 14.8. The van der Waals surface area contributed by atoms with E-state index in [0.717, 1.165) is 31.1 Å². The normalized spacial score (nSPS) is 22.9. The lowest BCUT2D eigenvalue weighted by Gasteiger charge is -2.32. The molecule has 3 nitrogen and oxygen atoms in total. The van der Waals surface area contributed by atoms with Crippen molar-refractivity contribution in [3.63, 3.8) is 0 Å². The third kappa shape index (κ3) is 3.59. The third-order valence-corrected chi connectivity index (χ3v) is 5.72. The van der Waals surface area contributed by atoms with Crippen molar-refractivity contribution in [1.29, 1.82) is 0 Å². The smallest absolute Gasteiger partial charge is 0.228 e. The largest absolute Gasteiger partial charge is 0.372 e. The number of carbonyl (C=O) groups excluding carboxylic acids is 1. The van der Waals surface area contributed by atoms with Crippen LogP contribution in [-0.4, -0.2) is 19.0 Å². The Morgan fingerprint density at radius 1 is 1.08 bits per heavy atom. The Morgan fingerprint density at radius 3 is 2.46 bits per heavy atom. The van der Waals surface area contributed by atoms with Crippen molar-refractivity contribution in [3.8, 4) is 0 Å². The van der Waals surface area contributed by atoms with Crippen molar-refractivity contribution in [2.45, 2.75) is 32.1 Å². The zero-order valence-corrected chi connectivity index (χ0v) is 15.1. The van der Waals surface area contributed by atoms with E-state index in [1.165, 1.54) is 24.6 Å². The van der Waals surface area contributed by atoms with Crippen LogP contribution in [0.5, 0.6) is 0 Å². The molecule has 2 aromatic rings. The van der Waals surface area contributed by atoms with Gasteiger partial charge in [0.15, 0.2) is 0 Å². The molecular weight excluding hydrogens is 327 g/mol. The molecule has 2 fully saturated rings. The number of carbonyl (C=O) groups is 1. The fraction of sp³-hybridized carbons (Fsp3) is 0.409. The summed E-state index contributed by atoms with van der Waals surface area (Å²) in [6.07, 6.45) is 3.19. The molecule has 4 heteroatoms. The maximum Gasteiger partial charge on any atom is 0.228 e. The molecule has 4 rings (SSSR count). The zero-order valence-electron chi connectivity index (χ0n) is 15.1. The number of amides is 1. The van der Waals surface area contributed by atoms with Gasteiger partial charge in [0.1, 0.15) is 5.82 Å². The maximum absolute atomic E-state index is 13.9. The predicted molar refractivity (Wildman–Crippen MR) is 103 cm³/mol. The van der Waals surface area contributed by atoms with Crippen LogP contribution in [0, 0.1) is 17.7 Å². The number of piperidine rings is 1. The number of nitrogens with zero attached hydrogens (tertiary/aromatic N) is 1. The molecule has 136 valence electrons. The molecule has 0 radical (unpaired) electrons. The van der Waals surface area contributed by atoms with Gasteiger partial charge in [-0.15, -0.1) is 0 Å². The Bertz CT molecular complexity index is 781. The number of hydrogen-bond acceptors (Lipinski definition) is 2. The van der Waals surface area contributed by atoms with Gasteiger partial charge in [-0.25, -0.2) is 4.39 Å². The quantitative estimate of drug-likeness (QED) is 0.857. The van der Waals surface area contributed by atoms with E-state index in [9.17, 15) is 9.18 Å². The second-order valence-electron chi connectivity index (χ2n) is 7.68. The molecule has 2 aliphatic rings. The summed E-state index contributed by atoms with van der Waals surface area (Å²) in [4.78, 5) is 14.9. The fourth-order valence-electron chi connectivity index (χ4n) is 3.86. The second-order valence-corrected chi connectivity index (χ2v) is 7.68. The first kappa shape index (κ1) is 17.1. The van der Waals surface area contributed by atoms with Gasteiger partial charge < -0.3 is 10.2 Å². The number of rotatable bonds is 4. The molecule has 26 heavy (non-hydrogen) atoms. The molecule has 1 saturated heterocycles. The lowest BCUT2D eigenvalue weighted by molar-refractivity contribution is -0.117. The van der Waals surface area contributed by atoms with Gasteiger partial charge in [-0.1, -0.05) is 25.1 Å². The summed E-state index contributed by atoms with van der Waals surface area (Å²) in [5, 5.41) is 2.98. The van der Waals surface area contributed by atoms with Gasteiger partial charge in [-0.05, 0) is 67.0 Å². The van der Waals surface area contributed by atoms with Crippen LogP contribution in [-0.2, 0) is 4.79 Å². The number of hydrogen-bond donors (Lipinski definition) is 1. The Labute approximate surface area is 154 Å². The topological polar surface area (TPSA) is 32.3 Å². The Hall–Kier alpha value is -2.36. The predicted octanol–water partition coefficient (Wildman–Crippen LogP) is 4.80. The standard InChI is InChI=1S/C22H25FN2O/c1-15-10-12-25(13-11-15)17-8-6-16(7-9-17)24-22(26)20-14-19(20)18-4-2-3-5-21(18)23/h2-9,15,19-20H,10-14H2,1H3,(H,24,26). The Morgan fingerprint density at radius 2 is 1.77 bits per heavy atom. The Balaban J connectivity index is 1.35. The SMILES string of the molecule is CC1CCN(c2ccc(NC(=O)C3CC3c3ccccc3F)cc2)CC1. The molecule has 2 unspecified atom stereocenters. The second kappa shape index (κ2) is 7.10. The number of halogens is 1. The molecule has 0 bridgehead atoms. The molecule has 1 amide bonds. The molecule has 1 N–H and O–H groups in total. The molecule has 1 saturated carbocycles. The van der Waals surface area contributed by atoms with Crippen LogP contribution >= 0.6 is 0 Å². The van der Waals surface area contributed by atoms with Crippen LogP contribution in [0.4, 0.5) is 15.8 Å². The van der Waals surface area contributed by atoms with Crippen LogP contribution in [0.1, 0.15) is 37.7 Å². The van der Waals surface area contributed by atoms with Crippen LogP contribution in [0.2, 0.25) is 0 Å². The average molecular weight is 352 g/mol. The average Bonchev–Trinajstić information content (AvgIpc) is 3.44. The highest BCUT2D eigenvalue weighted by Gasteiger charge is 2.45. The van der Waals surface area contributed by atoms with Crippen molar-refractivity contribution < 1.29 is 9.18 Å². The molecule has 2 aromatic carbocycles. The van der Waals surface area contributed by atoms with E-state index in [-0.39, 0.29) is 23.6 Å². The molecule has 1 heterocycles. The molecular formula is C22H25FN2O. The minimum atomic E-state index is -0.215. The van der Waals surface area contributed by atoms with Crippen molar-refractivity contribution in [2.24, 2.45) is 11.8 Å². The number of anilines is 2. The van der Waals surface area contributed by atoms with E-state index < -0.39 is 0 Å². The summed E-state index contributed by atoms with van der Waals surface area (Å²) < 4.78 is 13.9. The summed E-state index contributed by atoms with van der Waals surface area (Å²) in [5.74, 6) is 0.456. The number of benzene rings is 2. The van der Waals surface area contributed by atoms with Crippen molar-refractivity contribution >= 4 is 17.3 Å². The van der Waals surface area contributed by atoms with Gasteiger partial charge in [-0.3, -0.25) is 4.79 Å². The number of nitrogens with one attached hydrogen (secondary N) is 1. The van der Waals surface area contributed by atoms with Crippen LogP contribution < -0.4 is 10.2 Å². The zero-order chi connectivity index (χ0) is 18.1. The highest BCUT2D eigenvalue weighted by molar-refractivity contribution is 5.95. The van der Waals surface area contributed by atoms with Crippen molar-refractivity contribution in [2.75, 3.05) is 23.3 Å². The summed E-state index contributed by atoms with van der Waals surface area (Å²) >= 11 is 0. The maximum atomic E-state index is 13.9. The summed E-state index contributed by atoms with van der Waals surface area (Å²) in [5.41, 5.74) is 2.68. The van der Waals surface area contributed by atoms with E-state index in [1.807, 2.05) is 18.2 Å². The lowest BCUT2D eigenvalue weighted by atomic mass is 9.99. The fourth-order valence-corrected chi connectivity index (χ4v) is 3.86. The van der Waals surface area contributed by atoms with E-state index in [2.05, 4.69) is 29.3 Å². The van der Waals surface area contributed by atoms with Gasteiger partial charge in [-0.2, -0.15) is 0 Å². The highest BCUT2D eigenvalue weighted by Crippen LogP contribution is 2.48. The van der Waals surface area contributed by atoms with Crippen LogP contribution in [0.25, 0.3) is 0 Å². The molecule has 0 aromatic heterocycles. The van der Waals surface area contributed by atoms with E-state index in [0.29, 0.717) is 5.56 Å². The Kier molecular flexibility index (Phi) is 4.66. The van der Waals surface area contributed by atoms with E-state index in [4.69, 9.17) is 0 Å². The first-order chi connectivity index (χ1) is 12.6. The summed E-state index contributed by atoms with van der Waals surface area (Å²) in [6.45, 7) is 4.50. The highest BCUT2D eigenvalue weighted by atomic mass is 19.1. The van der Waals surface area contributed by atoms with Crippen molar-refractivity contribution in [1.82, 2.24) is 0 Å². The minimum Gasteiger partial charge on any atom is -0.372 e. The minimum absolute atomic E-state index is 0.00538. The van der Waals surface area contributed by atoms with Gasteiger partial charge in [0.05, 0.1) is 0 Å². The molecule has 2 atom stereocenters. The van der Waals surface area contributed by atoms with Gasteiger partial charge in [0, 0.05) is 30.4 Å². The van der Waals surface area contributed by atoms with Gasteiger partial charge in [0.25, 0.3) is 0 Å². The summed E-state index contributed by atoms with van der Waals surface area (Å²) in [7, 11) is 0. The van der Waals surface area contributed by atoms with Crippen LogP contribution in [0.15, 0.2) is 48.5 Å². The molecule has 1 aliphatic carbocycles. The van der Waals surface area contributed by atoms with E-state index in [1.54, 1.807) is 12.1 Å². The monoisotopic (exact) mass is 352 g/mol.